The molecular weight excluding hydrogens is 404 g/mol. The van der Waals surface area contributed by atoms with Crippen molar-refractivity contribution in [2.75, 3.05) is 18.9 Å². The Balaban J connectivity index is 1.48. The summed E-state index contributed by atoms with van der Waals surface area (Å²) < 4.78 is 0. The number of amides is 3. The third-order valence-electron chi connectivity index (χ3n) is 6.97. The van der Waals surface area contributed by atoms with Crippen LogP contribution >= 0.6 is 0 Å². The summed E-state index contributed by atoms with van der Waals surface area (Å²) in [7, 11) is 1.70. The molecule has 2 aliphatic rings. The van der Waals surface area contributed by atoms with Gasteiger partial charge in [-0.3, -0.25) is 4.79 Å². The number of carbonyl (C=O) groups excluding carboxylic acids is 2. The molecule has 0 spiro atoms. The minimum absolute atomic E-state index is 0.0927. The highest BCUT2D eigenvalue weighted by molar-refractivity contribution is 5.91. The van der Waals surface area contributed by atoms with Gasteiger partial charge in [-0.05, 0) is 43.5 Å². The lowest BCUT2D eigenvalue weighted by atomic mass is 9.79. The van der Waals surface area contributed by atoms with E-state index in [-0.39, 0.29) is 18.0 Å². The number of fused-ring (bicyclic) bond motifs is 5. The van der Waals surface area contributed by atoms with Gasteiger partial charge in [0.2, 0.25) is 5.91 Å². The molecule has 2 aliphatic heterocycles. The van der Waals surface area contributed by atoms with Crippen molar-refractivity contribution in [2.24, 2.45) is 5.92 Å². The van der Waals surface area contributed by atoms with E-state index in [9.17, 15) is 14.7 Å². The van der Waals surface area contributed by atoms with Crippen LogP contribution in [0.25, 0.3) is 10.9 Å². The molecular formula is C25H28N4O3. The molecule has 7 heteroatoms. The number of aromatic nitrogens is 1. The summed E-state index contributed by atoms with van der Waals surface area (Å²) in [4.78, 5) is 33.5. The second-order valence-corrected chi connectivity index (χ2v) is 8.84. The Morgan fingerprint density at radius 1 is 1.19 bits per heavy atom. The molecule has 3 aromatic rings. The van der Waals surface area contributed by atoms with E-state index in [4.69, 9.17) is 0 Å². The van der Waals surface area contributed by atoms with Crippen LogP contribution in [0.3, 0.4) is 0 Å². The van der Waals surface area contributed by atoms with Gasteiger partial charge in [0, 0.05) is 41.9 Å². The Hall–Kier alpha value is -3.32. The Labute approximate surface area is 187 Å². The molecule has 7 nitrogen and oxygen atoms in total. The molecule has 3 N–H and O–H groups in total. The molecule has 0 aliphatic carbocycles. The Morgan fingerprint density at radius 2 is 1.91 bits per heavy atom. The number of benzene rings is 2. The molecule has 1 fully saturated rings. The van der Waals surface area contributed by atoms with Crippen molar-refractivity contribution in [3.05, 3.63) is 65.9 Å². The van der Waals surface area contributed by atoms with E-state index in [1.54, 1.807) is 18.9 Å². The number of H-pyrrole nitrogens is 1. The number of aliphatic hydroxyl groups is 1. The smallest absolute Gasteiger partial charge is 0.321 e. The van der Waals surface area contributed by atoms with Gasteiger partial charge in [0.25, 0.3) is 0 Å². The summed E-state index contributed by atoms with van der Waals surface area (Å²) in [6.07, 6.45) is 0.493. The van der Waals surface area contributed by atoms with Crippen LogP contribution in [0, 0.1) is 5.92 Å². The number of hydrogen-bond acceptors (Lipinski definition) is 3. The first-order valence-electron chi connectivity index (χ1n) is 11.1. The number of nitrogens with one attached hydrogen (secondary N) is 2. The number of nitrogens with zero attached hydrogens (tertiary/aromatic N) is 2. The maximum atomic E-state index is 13.5. The van der Waals surface area contributed by atoms with Gasteiger partial charge in [-0.15, -0.1) is 0 Å². The van der Waals surface area contributed by atoms with Crippen molar-refractivity contribution in [3.8, 4) is 0 Å². The Bertz CT molecular complexity index is 1160. The van der Waals surface area contributed by atoms with E-state index in [1.807, 2.05) is 47.4 Å². The SMILES string of the molecule is C[C@H](O)[C@@H]1C(=O)N2CCc3c([nH]c4ccccc34)[C@@H]2C[C@@H]1N(C)C(=O)Nc1ccccc1. The number of hydrogen-bond donors (Lipinski definition) is 3. The van der Waals surface area contributed by atoms with Gasteiger partial charge in [-0.25, -0.2) is 4.79 Å². The Kier molecular flexibility index (Phi) is 5.13. The molecule has 166 valence electrons. The number of aromatic amines is 1. The normalized spacial score (nSPS) is 23.4. The van der Waals surface area contributed by atoms with E-state index < -0.39 is 18.1 Å². The number of rotatable bonds is 3. The topological polar surface area (TPSA) is 88.7 Å². The van der Waals surface area contributed by atoms with Crippen LogP contribution in [0.1, 0.15) is 30.6 Å². The average molecular weight is 433 g/mol. The van der Waals surface area contributed by atoms with Gasteiger partial charge in [0.1, 0.15) is 0 Å². The maximum Gasteiger partial charge on any atom is 0.321 e. The third-order valence-corrected chi connectivity index (χ3v) is 6.97. The summed E-state index contributed by atoms with van der Waals surface area (Å²) in [6, 6.07) is 16.6. The highest BCUT2D eigenvalue weighted by Gasteiger charge is 2.49. The fraction of sp³-hybridized carbons (Fsp3) is 0.360. The van der Waals surface area contributed by atoms with E-state index in [0.29, 0.717) is 18.7 Å². The second kappa shape index (κ2) is 7.98. The van der Waals surface area contributed by atoms with Gasteiger partial charge < -0.3 is 25.2 Å². The second-order valence-electron chi connectivity index (χ2n) is 8.84. The van der Waals surface area contributed by atoms with Gasteiger partial charge >= 0.3 is 6.03 Å². The number of carbonyl (C=O) groups is 2. The minimum atomic E-state index is -0.857. The summed E-state index contributed by atoms with van der Waals surface area (Å²) in [5.41, 5.74) is 4.06. The van der Waals surface area contributed by atoms with Crippen molar-refractivity contribution < 1.29 is 14.7 Å². The zero-order valence-corrected chi connectivity index (χ0v) is 18.3. The molecule has 2 aromatic carbocycles. The first kappa shape index (κ1) is 20.6. The molecule has 4 atom stereocenters. The van der Waals surface area contributed by atoms with Gasteiger partial charge in [-0.2, -0.15) is 0 Å². The lowest BCUT2D eigenvalue weighted by Crippen LogP contribution is -2.60. The molecule has 3 heterocycles. The summed E-state index contributed by atoms with van der Waals surface area (Å²) in [6.45, 7) is 2.26. The van der Waals surface area contributed by atoms with E-state index in [2.05, 4.69) is 22.4 Å². The van der Waals surface area contributed by atoms with E-state index in [1.165, 1.54) is 10.9 Å². The molecule has 0 bridgehead atoms. The molecule has 5 rings (SSSR count). The zero-order valence-electron chi connectivity index (χ0n) is 18.3. The van der Waals surface area contributed by atoms with Gasteiger partial charge in [0.15, 0.2) is 0 Å². The molecule has 0 radical (unpaired) electrons. The largest absolute Gasteiger partial charge is 0.393 e. The number of para-hydroxylation sites is 2. The fourth-order valence-corrected chi connectivity index (χ4v) is 5.37. The number of aliphatic hydroxyl groups excluding tert-OH is 1. The van der Waals surface area contributed by atoms with Crippen LogP contribution in [0.5, 0.6) is 0 Å². The van der Waals surface area contributed by atoms with Crippen LogP contribution < -0.4 is 5.32 Å². The predicted molar refractivity (Wildman–Crippen MR) is 123 cm³/mol. The van der Waals surface area contributed by atoms with Gasteiger partial charge in [0.05, 0.1) is 18.1 Å². The monoisotopic (exact) mass is 432 g/mol. The zero-order chi connectivity index (χ0) is 22.4. The lowest BCUT2D eigenvalue weighted by Gasteiger charge is -2.48. The van der Waals surface area contributed by atoms with E-state index >= 15 is 0 Å². The highest BCUT2D eigenvalue weighted by atomic mass is 16.3. The lowest BCUT2D eigenvalue weighted by molar-refractivity contribution is -0.151. The highest BCUT2D eigenvalue weighted by Crippen LogP contribution is 2.43. The molecule has 0 saturated carbocycles. The Morgan fingerprint density at radius 3 is 2.66 bits per heavy atom. The van der Waals surface area contributed by atoms with Crippen LogP contribution in [0.15, 0.2) is 54.6 Å². The van der Waals surface area contributed by atoms with E-state index in [0.717, 1.165) is 17.6 Å². The molecule has 0 unspecified atom stereocenters. The molecule has 1 aromatic heterocycles. The first-order chi connectivity index (χ1) is 15.5. The molecule has 3 amide bonds. The minimum Gasteiger partial charge on any atom is -0.393 e. The van der Waals surface area contributed by atoms with Crippen molar-refractivity contribution in [3.63, 3.8) is 0 Å². The summed E-state index contributed by atoms with van der Waals surface area (Å²) in [5, 5.41) is 14.6. The number of piperidine rings is 1. The number of urea groups is 1. The molecule has 1 saturated heterocycles. The van der Waals surface area contributed by atoms with Crippen LogP contribution in [-0.2, 0) is 11.2 Å². The third kappa shape index (κ3) is 3.33. The molecule has 32 heavy (non-hydrogen) atoms. The van der Waals surface area contributed by atoms with Crippen LogP contribution in [0.2, 0.25) is 0 Å². The van der Waals surface area contributed by atoms with Crippen molar-refractivity contribution >= 4 is 28.5 Å². The maximum absolute atomic E-state index is 13.5. The summed E-state index contributed by atoms with van der Waals surface area (Å²) >= 11 is 0. The fourth-order valence-electron chi connectivity index (χ4n) is 5.37. The first-order valence-corrected chi connectivity index (χ1v) is 11.1. The predicted octanol–water partition coefficient (Wildman–Crippen LogP) is 3.53. The quantitative estimate of drug-likeness (QED) is 0.592. The number of anilines is 1. The van der Waals surface area contributed by atoms with Crippen LogP contribution in [-0.4, -0.2) is 57.6 Å². The van der Waals surface area contributed by atoms with Crippen molar-refractivity contribution in [2.45, 2.75) is 38.0 Å². The summed E-state index contributed by atoms with van der Waals surface area (Å²) in [5.74, 6) is -0.756. The van der Waals surface area contributed by atoms with Crippen LogP contribution in [0.4, 0.5) is 10.5 Å². The van der Waals surface area contributed by atoms with Crippen molar-refractivity contribution in [1.82, 2.24) is 14.8 Å². The van der Waals surface area contributed by atoms with Crippen molar-refractivity contribution in [1.29, 1.82) is 0 Å². The standard InChI is InChI=1S/C25H28N4O3/c1-15(30)22-20(28(2)25(32)26-16-8-4-3-5-9-16)14-21-23-18(12-13-29(21)24(22)31)17-10-6-7-11-19(17)27-23/h3-11,15,20-22,27,30H,12-14H2,1-2H3,(H,26,32)/t15-,20-,21-,22-/m0/s1. The van der Waals surface area contributed by atoms with Gasteiger partial charge in [-0.1, -0.05) is 36.4 Å². The average Bonchev–Trinajstić information content (AvgIpc) is 3.18.